The second-order valence-corrected chi connectivity index (χ2v) is 9.45. The quantitative estimate of drug-likeness (QED) is 0.281. The molecule has 1 aliphatic heterocycles. The van der Waals surface area contributed by atoms with E-state index in [4.69, 9.17) is 14.2 Å². The van der Waals surface area contributed by atoms with Crippen LogP contribution < -0.4 is 9.64 Å². The SMILES string of the molecule is C=CCCOc1ccc(S(=O)(=O)N(CC(=O)OC)Cc2ccc(N3CCOCC3)cc2)cc1. The smallest absolute Gasteiger partial charge is 0.321 e. The molecule has 0 saturated carbocycles. The van der Waals surface area contributed by atoms with Crippen LogP contribution in [0, 0.1) is 0 Å². The minimum absolute atomic E-state index is 0.0401. The molecule has 33 heavy (non-hydrogen) atoms. The highest BCUT2D eigenvalue weighted by molar-refractivity contribution is 7.89. The third kappa shape index (κ3) is 6.80. The lowest BCUT2D eigenvalue weighted by atomic mass is 10.2. The molecular formula is C24H30N2O6S. The molecule has 0 aromatic heterocycles. The first-order valence-corrected chi connectivity index (χ1v) is 12.2. The van der Waals surface area contributed by atoms with E-state index in [-0.39, 0.29) is 18.0 Å². The third-order valence-electron chi connectivity index (χ3n) is 5.26. The van der Waals surface area contributed by atoms with Crippen LogP contribution in [0.1, 0.15) is 12.0 Å². The van der Waals surface area contributed by atoms with Crippen LogP contribution in [0.4, 0.5) is 5.69 Å². The van der Waals surface area contributed by atoms with E-state index < -0.39 is 16.0 Å². The summed E-state index contributed by atoms with van der Waals surface area (Å²) in [5.41, 5.74) is 1.82. The number of rotatable bonds is 11. The van der Waals surface area contributed by atoms with Gasteiger partial charge in [-0.3, -0.25) is 4.79 Å². The van der Waals surface area contributed by atoms with Crippen LogP contribution in [0.2, 0.25) is 0 Å². The average Bonchev–Trinajstić information content (AvgIpc) is 2.85. The van der Waals surface area contributed by atoms with Gasteiger partial charge in [0.15, 0.2) is 0 Å². The number of carbonyl (C=O) groups excluding carboxylic acids is 1. The number of morpholine rings is 1. The predicted octanol–water partition coefficient (Wildman–Crippen LogP) is 2.84. The number of methoxy groups -OCH3 is 1. The highest BCUT2D eigenvalue weighted by atomic mass is 32.2. The van der Waals surface area contributed by atoms with Crippen molar-refractivity contribution in [3.63, 3.8) is 0 Å². The maximum absolute atomic E-state index is 13.3. The number of nitrogens with zero attached hydrogens (tertiary/aromatic N) is 2. The van der Waals surface area contributed by atoms with E-state index in [1.807, 2.05) is 24.3 Å². The number of anilines is 1. The fourth-order valence-electron chi connectivity index (χ4n) is 3.39. The minimum atomic E-state index is -3.94. The maximum atomic E-state index is 13.3. The standard InChI is InChI=1S/C24H30N2O6S/c1-3-4-15-32-22-9-11-23(12-10-22)33(28,29)26(19-24(27)30-2)18-20-5-7-21(8-6-20)25-13-16-31-17-14-25/h3,5-12H,1,4,13-19H2,2H3. The molecule has 0 aliphatic carbocycles. The summed E-state index contributed by atoms with van der Waals surface area (Å²) in [5.74, 6) is -0.0677. The lowest BCUT2D eigenvalue weighted by Gasteiger charge is -2.29. The van der Waals surface area contributed by atoms with Crippen molar-refractivity contribution in [2.45, 2.75) is 17.9 Å². The first-order valence-electron chi connectivity index (χ1n) is 10.8. The van der Waals surface area contributed by atoms with Crippen LogP contribution in [-0.4, -0.2) is 65.3 Å². The van der Waals surface area contributed by atoms with Crippen molar-refractivity contribution in [2.75, 3.05) is 51.5 Å². The van der Waals surface area contributed by atoms with Crippen molar-refractivity contribution >= 4 is 21.7 Å². The van der Waals surface area contributed by atoms with Gasteiger partial charge in [0.1, 0.15) is 12.3 Å². The van der Waals surface area contributed by atoms with Crippen molar-refractivity contribution in [1.82, 2.24) is 4.31 Å². The predicted molar refractivity (Wildman–Crippen MR) is 126 cm³/mol. The fraction of sp³-hybridized carbons (Fsp3) is 0.375. The molecule has 0 N–H and O–H groups in total. The normalized spacial score (nSPS) is 14.2. The Labute approximate surface area is 195 Å². The van der Waals surface area contributed by atoms with E-state index in [0.29, 0.717) is 32.0 Å². The lowest BCUT2D eigenvalue weighted by Crippen LogP contribution is -2.36. The zero-order valence-corrected chi connectivity index (χ0v) is 19.6. The summed E-state index contributed by atoms with van der Waals surface area (Å²) in [6.45, 7) is 6.76. The number of benzene rings is 2. The molecule has 178 valence electrons. The molecule has 3 rings (SSSR count). The van der Waals surface area contributed by atoms with Crippen LogP contribution in [-0.2, 0) is 30.8 Å². The Balaban J connectivity index is 1.76. The van der Waals surface area contributed by atoms with Crippen molar-refractivity contribution in [3.8, 4) is 5.75 Å². The Hall–Kier alpha value is -2.88. The highest BCUT2D eigenvalue weighted by Crippen LogP contribution is 2.23. The van der Waals surface area contributed by atoms with Crippen molar-refractivity contribution in [1.29, 1.82) is 0 Å². The van der Waals surface area contributed by atoms with Gasteiger partial charge >= 0.3 is 5.97 Å². The second-order valence-electron chi connectivity index (χ2n) is 7.51. The van der Waals surface area contributed by atoms with Crippen LogP contribution in [0.5, 0.6) is 5.75 Å². The Morgan fingerprint density at radius 3 is 2.39 bits per heavy atom. The van der Waals surface area contributed by atoms with Gasteiger partial charge in [0, 0.05) is 25.3 Å². The third-order valence-corrected chi connectivity index (χ3v) is 7.06. The van der Waals surface area contributed by atoms with Gasteiger partial charge in [-0.05, 0) is 48.4 Å². The molecular weight excluding hydrogens is 444 g/mol. The van der Waals surface area contributed by atoms with Gasteiger partial charge in [-0.1, -0.05) is 18.2 Å². The Bertz CT molecular complexity index is 1020. The topological polar surface area (TPSA) is 85.4 Å². The molecule has 2 aromatic rings. The van der Waals surface area contributed by atoms with Crippen molar-refractivity contribution in [3.05, 3.63) is 66.7 Å². The van der Waals surface area contributed by atoms with Gasteiger partial charge in [0.25, 0.3) is 0 Å². The molecule has 0 amide bonds. The number of carbonyl (C=O) groups is 1. The molecule has 9 heteroatoms. The number of ether oxygens (including phenoxy) is 3. The molecule has 0 unspecified atom stereocenters. The van der Waals surface area contributed by atoms with E-state index in [1.165, 1.54) is 19.2 Å². The Morgan fingerprint density at radius 2 is 1.79 bits per heavy atom. The molecule has 8 nitrogen and oxygen atoms in total. The summed E-state index contributed by atoms with van der Waals surface area (Å²) < 4.78 is 43.4. The van der Waals surface area contributed by atoms with E-state index in [1.54, 1.807) is 18.2 Å². The van der Waals surface area contributed by atoms with Crippen molar-refractivity contribution in [2.24, 2.45) is 0 Å². The van der Waals surface area contributed by atoms with E-state index >= 15 is 0 Å². The maximum Gasteiger partial charge on any atom is 0.321 e. The first-order chi connectivity index (χ1) is 15.9. The average molecular weight is 475 g/mol. The monoisotopic (exact) mass is 474 g/mol. The summed E-state index contributed by atoms with van der Waals surface area (Å²) in [7, 11) is -2.71. The summed E-state index contributed by atoms with van der Waals surface area (Å²) in [4.78, 5) is 14.3. The molecule has 1 fully saturated rings. The van der Waals surface area contributed by atoms with Gasteiger partial charge in [0.2, 0.25) is 10.0 Å². The number of hydrogen-bond donors (Lipinski definition) is 0. The molecule has 0 bridgehead atoms. The van der Waals surface area contributed by atoms with Crippen LogP contribution in [0.15, 0.2) is 66.1 Å². The minimum Gasteiger partial charge on any atom is -0.493 e. The summed E-state index contributed by atoms with van der Waals surface area (Å²) in [5, 5.41) is 0. The van der Waals surface area contributed by atoms with Gasteiger partial charge in [-0.25, -0.2) is 8.42 Å². The number of esters is 1. The summed E-state index contributed by atoms with van der Waals surface area (Å²) in [6, 6.07) is 13.8. The summed E-state index contributed by atoms with van der Waals surface area (Å²) in [6.07, 6.45) is 2.44. The molecule has 0 atom stereocenters. The fourth-order valence-corrected chi connectivity index (χ4v) is 4.76. The number of hydrogen-bond acceptors (Lipinski definition) is 7. The molecule has 1 aliphatic rings. The van der Waals surface area contributed by atoms with Gasteiger partial charge < -0.3 is 19.1 Å². The van der Waals surface area contributed by atoms with Gasteiger partial charge in [0.05, 0.1) is 31.8 Å². The van der Waals surface area contributed by atoms with Crippen LogP contribution in [0.3, 0.4) is 0 Å². The Morgan fingerprint density at radius 1 is 1.12 bits per heavy atom. The first kappa shape index (κ1) is 24.8. The van der Waals surface area contributed by atoms with Crippen LogP contribution in [0.25, 0.3) is 0 Å². The second kappa shape index (κ2) is 11.8. The van der Waals surface area contributed by atoms with Gasteiger partial charge in [-0.2, -0.15) is 4.31 Å². The zero-order valence-electron chi connectivity index (χ0n) is 18.8. The number of sulfonamides is 1. The lowest BCUT2D eigenvalue weighted by molar-refractivity contribution is -0.140. The highest BCUT2D eigenvalue weighted by Gasteiger charge is 2.27. The largest absolute Gasteiger partial charge is 0.493 e. The molecule has 0 radical (unpaired) electrons. The van der Waals surface area contributed by atoms with Crippen molar-refractivity contribution < 1.29 is 27.4 Å². The van der Waals surface area contributed by atoms with E-state index in [9.17, 15) is 13.2 Å². The summed E-state index contributed by atoms with van der Waals surface area (Å²) >= 11 is 0. The molecule has 0 spiro atoms. The van der Waals surface area contributed by atoms with Gasteiger partial charge in [-0.15, -0.1) is 6.58 Å². The Kier molecular flexibility index (Phi) is 8.87. The molecule has 2 aromatic carbocycles. The van der Waals surface area contributed by atoms with Crippen LogP contribution >= 0.6 is 0 Å². The zero-order chi connectivity index (χ0) is 23.7. The van der Waals surface area contributed by atoms with E-state index in [0.717, 1.165) is 28.6 Å². The molecule has 1 saturated heterocycles. The molecule has 1 heterocycles. The van der Waals surface area contributed by atoms with E-state index in [2.05, 4.69) is 11.5 Å².